The number of benzene rings is 1. The van der Waals surface area contributed by atoms with E-state index in [-0.39, 0.29) is 18.2 Å². The molecule has 150 valence electrons. The quantitative estimate of drug-likeness (QED) is 0.496. The molecule has 1 fully saturated rings. The summed E-state index contributed by atoms with van der Waals surface area (Å²) in [6.07, 6.45) is 9.62. The van der Waals surface area contributed by atoms with Crippen molar-refractivity contribution in [2.75, 3.05) is 12.3 Å². The lowest BCUT2D eigenvalue weighted by Gasteiger charge is -2.20. The number of hydrogen-bond acceptors (Lipinski definition) is 3. The zero-order valence-corrected chi connectivity index (χ0v) is 17.5. The predicted octanol–water partition coefficient (Wildman–Crippen LogP) is 4.60. The zero-order valence-electron chi connectivity index (χ0n) is 16.7. The molecule has 2 aromatic rings. The van der Waals surface area contributed by atoms with Gasteiger partial charge in [0, 0.05) is 23.6 Å². The molecule has 0 saturated heterocycles. The van der Waals surface area contributed by atoms with Crippen LogP contribution in [0.15, 0.2) is 42.6 Å². The van der Waals surface area contributed by atoms with Crippen LogP contribution >= 0.6 is 11.8 Å². The monoisotopic (exact) mass is 398 g/mol. The second-order valence-electron chi connectivity index (χ2n) is 7.50. The summed E-state index contributed by atoms with van der Waals surface area (Å²) in [7, 11) is 0. The van der Waals surface area contributed by atoms with Gasteiger partial charge in [0.1, 0.15) is 6.54 Å². The Kier molecular flexibility index (Phi) is 7.78. The first-order valence-electron chi connectivity index (χ1n) is 10.3. The van der Waals surface area contributed by atoms with E-state index in [1.807, 2.05) is 37.3 Å². The molecule has 0 radical (unpaired) electrons. The highest BCUT2D eigenvalue weighted by atomic mass is 32.2. The van der Waals surface area contributed by atoms with E-state index in [0.717, 1.165) is 23.0 Å². The van der Waals surface area contributed by atoms with Crippen LogP contribution in [0.4, 0.5) is 0 Å². The van der Waals surface area contributed by atoms with Crippen LogP contribution in [0.3, 0.4) is 0 Å². The summed E-state index contributed by atoms with van der Waals surface area (Å²) < 4.78 is 1.74. The van der Waals surface area contributed by atoms with Gasteiger partial charge in [-0.25, -0.2) is 0 Å². The van der Waals surface area contributed by atoms with Crippen LogP contribution < -0.4 is 5.32 Å². The molecule has 1 amide bonds. The van der Waals surface area contributed by atoms with Crippen molar-refractivity contribution in [2.24, 2.45) is 0 Å². The molecule has 0 atom stereocenters. The minimum absolute atomic E-state index is 0.0419. The third-order valence-electron chi connectivity index (χ3n) is 5.31. The molecule has 28 heavy (non-hydrogen) atoms. The average molecular weight is 399 g/mol. The second-order valence-corrected chi connectivity index (χ2v) is 8.91. The molecule has 0 unspecified atom stereocenters. The Morgan fingerprint density at radius 2 is 1.89 bits per heavy atom. The summed E-state index contributed by atoms with van der Waals surface area (Å²) >= 11 is 2.06. The molecule has 4 nitrogen and oxygen atoms in total. The maximum absolute atomic E-state index is 12.8. The van der Waals surface area contributed by atoms with Crippen LogP contribution in [0, 0.1) is 6.92 Å². The summed E-state index contributed by atoms with van der Waals surface area (Å²) in [4.78, 5) is 25.1. The number of nitrogens with one attached hydrogen (secondary N) is 1. The number of nitrogens with zero attached hydrogens (tertiary/aromatic N) is 1. The zero-order chi connectivity index (χ0) is 19.8. The van der Waals surface area contributed by atoms with E-state index in [0.29, 0.717) is 17.8 Å². The number of thioether (sulfide) groups is 1. The van der Waals surface area contributed by atoms with E-state index in [9.17, 15) is 9.59 Å². The highest BCUT2D eigenvalue weighted by Crippen LogP contribution is 2.28. The number of aromatic nitrogens is 1. The van der Waals surface area contributed by atoms with Gasteiger partial charge in [-0.15, -0.1) is 0 Å². The molecule has 1 aliphatic rings. The Morgan fingerprint density at radius 1 is 1.11 bits per heavy atom. The van der Waals surface area contributed by atoms with E-state index in [2.05, 4.69) is 17.1 Å². The fourth-order valence-electron chi connectivity index (χ4n) is 3.72. The molecule has 1 aromatic carbocycles. The van der Waals surface area contributed by atoms with Crippen molar-refractivity contribution >= 4 is 23.5 Å². The molecule has 1 aliphatic carbocycles. The minimum atomic E-state index is -0.0438. The number of carbonyl (C=O) groups excluding carboxylic acids is 2. The molecule has 0 aliphatic heterocycles. The Bertz CT molecular complexity index is 793. The summed E-state index contributed by atoms with van der Waals surface area (Å²) in [5, 5.41) is 3.81. The smallest absolute Gasteiger partial charge is 0.239 e. The number of rotatable bonds is 9. The van der Waals surface area contributed by atoms with Crippen molar-refractivity contribution in [3.05, 3.63) is 59.4 Å². The molecule has 1 saturated carbocycles. The van der Waals surface area contributed by atoms with Gasteiger partial charge in [0.25, 0.3) is 0 Å². The van der Waals surface area contributed by atoms with Gasteiger partial charge in [0.15, 0.2) is 0 Å². The normalized spacial score (nSPS) is 14.8. The number of amides is 1. The summed E-state index contributed by atoms with van der Waals surface area (Å²) in [5.41, 5.74) is 2.18. The molecule has 1 heterocycles. The summed E-state index contributed by atoms with van der Waals surface area (Å²) in [6, 6.07) is 11.1. The third kappa shape index (κ3) is 5.74. The first-order chi connectivity index (χ1) is 13.6. The van der Waals surface area contributed by atoms with E-state index >= 15 is 0 Å². The lowest BCUT2D eigenvalue weighted by molar-refractivity contribution is -0.121. The topological polar surface area (TPSA) is 51.1 Å². The summed E-state index contributed by atoms with van der Waals surface area (Å²) in [6.45, 7) is 2.80. The van der Waals surface area contributed by atoms with Gasteiger partial charge in [0.05, 0.1) is 5.69 Å². The van der Waals surface area contributed by atoms with Crippen molar-refractivity contribution in [3.8, 4) is 0 Å². The van der Waals surface area contributed by atoms with Crippen LogP contribution in [-0.2, 0) is 11.3 Å². The van der Waals surface area contributed by atoms with Gasteiger partial charge in [0.2, 0.25) is 11.7 Å². The van der Waals surface area contributed by atoms with Crippen molar-refractivity contribution in [1.29, 1.82) is 0 Å². The SMILES string of the molecule is Cc1ccccc1C(=O)c1cccn1CC(=O)NCCCSC1CCCCC1. The average Bonchev–Trinajstić information content (AvgIpc) is 3.16. The van der Waals surface area contributed by atoms with Gasteiger partial charge >= 0.3 is 0 Å². The summed E-state index contributed by atoms with van der Waals surface area (Å²) in [5.74, 6) is 1.02. The van der Waals surface area contributed by atoms with Crippen LogP contribution in [0.25, 0.3) is 0 Å². The van der Waals surface area contributed by atoms with E-state index in [1.165, 1.54) is 32.1 Å². The molecule has 3 rings (SSSR count). The van der Waals surface area contributed by atoms with Gasteiger partial charge in [-0.1, -0.05) is 43.5 Å². The Morgan fingerprint density at radius 3 is 2.68 bits per heavy atom. The standard InChI is InChI=1S/C23H30N2O2S/c1-18-9-5-6-12-20(18)23(27)21-13-7-15-25(21)17-22(26)24-14-8-16-28-19-10-3-2-4-11-19/h5-7,9,12-13,15,19H,2-4,8,10-11,14,16-17H2,1H3,(H,24,26). The lowest BCUT2D eigenvalue weighted by Crippen LogP contribution is -2.29. The number of hydrogen-bond donors (Lipinski definition) is 1. The Hall–Kier alpha value is -2.01. The maximum Gasteiger partial charge on any atom is 0.239 e. The second kappa shape index (κ2) is 10.5. The molecule has 0 spiro atoms. The van der Waals surface area contributed by atoms with Crippen LogP contribution in [0.1, 0.15) is 60.1 Å². The van der Waals surface area contributed by atoms with Crippen LogP contribution in [0.5, 0.6) is 0 Å². The van der Waals surface area contributed by atoms with Crippen molar-refractivity contribution in [3.63, 3.8) is 0 Å². The molecule has 5 heteroatoms. The Balaban J connectivity index is 1.44. The van der Waals surface area contributed by atoms with Crippen LogP contribution in [-0.4, -0.2) is 33.8 Å². The fourth-order valence-corrected chi connectivity index (χ4v) is 5.03. The van der Waals surface area contributed by atoms with Gasteiger partial charge in [-0.2, -0.15) is 11.8 Å². The highest BCUT2D eigenvalue weighted by Gasteiger charge is 2.16. The minimum Gasteiger partial charge on any atom is -0.355 e. The van der Waals surface area contributed by atoms with E-state index < -0.39 is 0 Å². The molecular weight excluding hydrogens is 368 g/mol. The fraction of sp³-hybridized carbons (Fsp3) is 0.478. The van der Waals surface area contributed by atoms with Gasteiger partial charge < -0.3 is 9.88 Å². The number of ketones is 1. The number of aryl methyl sites for hydroxylation is 1. The van der Waals surface area contributed by atoms with Gasteiger partial charge in [-0.3, -0.25) is 9.59 Å². The van der Waals surface area contributed by atoms with Crippen molar-refractivity contribution < 1.29 is 9.59 Å². The largest absolute Gasteiger partial charge is 0.355 e. The Labute approximate surface area is 172 Å². The van der Waals surface area contributed by atoms with E-state index in [1.54, 1.807) is 16.8 Å². The molecule has 1 aromatic heterocycles. The van der Waals surface area contributed by atoms with Gasteiger partial charge in [-0.05, 0) is 49.6 Å². The molecule has 0 bridgehead atoms. The third-order valence-corrected chi connectivity index (χ3v) is 6.78. The van der Waals surface area contributed by atoms with Crippen LogP contribution in [0.2, 0.25) is 0 Å². The van der Waals surface area contributed by atoms with Crippen molar-refractivity contribution in [1.82, 2.24) is 9.88 Å². The lowest BCUT2D eigenvalue weighted by atomic mass is 10.0. The first kappa shape index (κ1) is 20.7. The molecule has 1 N–H and O–H groups in total. The first-order valence-corrected chi connectivity index (χ1v) is 11.3. The maximum atomic E-state index is 12.8. The van der Waals surface area contributed by atoms with E-state index in [4.69, 9.17) is 0 Å². The number of carbonyl (C=O) groups is 2. The molecular formula is C23H30N2O2S. The van der Waals surface area contributed by atoms with Crippen molar-refractivity contribution in [2.45, 2.75) is 57.2 Å². The highest BCUT2D eigenvalue weighted by molar-refractivity contribution is 7.99. The predicted molar refractivity (Wildman–Crippen MR) is 116 cm³/mol.